The van der Waals surface area contributed by atoms with E-state index in [9.17, 15) is 9.59 Å². The summed E-state index contributed by atoms with van der Waals surface area (Å²) >= 11 is 0. The van der Waals surface area contributed by atoms with Crippen LogP contribution in [-0.4, -0.2) is 24.5 Å². The van der Waals surface area contributed by atoms with Crippen molar-refractivity contribution in [1.29, 1.82) is 0 Å². The summed E-state index contributed by atoms with van der Waals surface area (Å²) < 4.78 is 5.38. The Morgan fingerprint density at radius 1 is 1.03 bits per heavy atom. The van der Waals surface area contributed by atoms with E-state index in [1.54, 1.807) is 19.2 Å². The maximum Gasteiger partial charge on any atom is 0.254 e. The molecule has 1 unspecified atom stereocenters. The van der Waals surface area contributed by atoms with Crippen LogP contribution in [0.5, 0.6) is 5.75 Å². The number of para-hydroxylation sites is 2. The molecule has 2 atom stereocenters. The van der Waals surface area contributed by atoms with Gasteiger partial charge >= 0.3 is 0 Å². The average molecular weight is 402 g/mol. The van der Waals surface area contributed by atoms with E-state index in [1.165, 1.54) is 0 Å². The van der Waals surface area contributed by atoms with Crippen molar-refractivity contribution in [2.24, 2.45) is 10.9 Å². The van der Waals surface area contributed by atoms with Gasteiger partial charge in [-0.3, -0.25) is 14.6 Å². The molecule has 1 fully saturated rings. The smallest absolute Gasteiger partial charge is 0.254 e. The predicted molar refractivity (Wildman–Crippen MR) is 118 cm³/mol. The van der Waals surface area contributed by atoms with Crippen molar-refractivity contribution >= 4 is 23.1 Å². The first-order valence-electron chi connectivity index (χ1n) is 10.3. The van der Waals surface area contributed by atoms with Crippen LogP contribution in [0.3, 0.4) is 0 Å². The van der Waals surface area contributed by atoms with Gasteiger partial charge in [0.05, 0.1) is 18.7 Å². The minimum Gasteiger partial charge on any atom is -0.495 e. The lowest BCUT2D eigenvalue weighted by molar-refractivity contribution is -0.122. The standard InChI is InChI=1S/C25H26N2O3/c1-15-11-13-17(14-12-15)23-22(16(2)26-19-8-6-9-20(28)24(19)23)25(29)27-18-7-4-5-10-21(18)30-3/h4-5,7,10-14,23-24H,6,8-9H2,1-3H3,(H,27,29)/t23-,24?/m0/s1. The Labute approximate surface area is 176 Å². The van der Waals surface area contributed by atoms with Crippen LogP contribution < -0.4 is 10.1 Å². The van der Waals surface area contributed by atoms with E-state index in [4.69, 9.17) is 9.73 Å². The maximum absolute atomic E-state index is 13.5. The number of carbonyl (C=O) groups is 2. The number of fused-ring (bicyclic) bond motifs is 1. The molecule has 154 valence electrons. The number of anilines is 1. The Morgan fingerprint density at radius 2 is 1.77 bits per heavy atom. The predicted octanol–water partition coefficient (Wildman–Crippen LogP) is 4.82. The molecule has 5 heteroatoms. The molecule has 30 heavy (non-hydrogen) atoms. The van der Waals surface area contributed by atoms with Gasteiger partial charge in [0.25, 0.3) is 5.91 Å². The molecule has 0 bridgehead atoms. The fourth-order valence-corrected chi connectivity index (χ4v) is 4.49. The molecule has 2 aromatic rings. The fraction of sp³-hybridized carbons (Fsp3) is 0.320. The van der Waals surface area contributed by atoms with Crippen molar-refractivity contribution in [3.05, 3.63) is 70.9 Å². The molecule has 2 aliphatic rings. The normalized spacial score (nSPS) is 21.0. The highest BCUT2D eigenvalue weighted by Crippen LogP contribution is 2.43. The van der Waals surface area contributed by atoms with E-state index in [2.05, 4.69) is 5.32 Å². The first-order chi connectivity index (χ1) is 14.5. The number of nitrogens with one attached hydrogen (secondary N) is 1. The van der Waals surface area contributed by atoms with Gasteiger partial charge in [-0.25, -0.2) is 0 Å². The van der Waals surface area contributed by atoms with Gasteiger partial charge in [-0.05, 0) is 44.4 Å². The number of ketones is 1. The van der Waals surface area contributed by atoms with E-state index >= 15 is 0 Å². The number of allylic oxidation sites excluding steroid dienone is 1. The summed E-state index contributed by atoms with van der Waals surface area (Å²) in [5.41, 5.74) is 4.83. The molecule has 1 amide bonds. The molecule has 0 aromatic heterocycles. The van der Waals surface area contributed by atoms with Crippen LogP contribution in [-0.2, 0) is 9.59 Å². The second-order valence-corrected chi connectivity index (χ2v) is 7.94. The molecule has 4 rings (SSSR count). The topological polar surface area (TPSA) is 67.8 Å². The van der Waals surface area contributed by atoms with E-state index in [0.717, 1.165) is 29.7 Å². The third-order valence-electron chi connectivity index (χ3n) is 5.94. The molecule has 2 aromatic carbocycles. The van der Waals surface area contributed by atoms with E-state index < -0.39 is 0 Å². The van der Waals surface area contributed by atoms with Gasteiger partial charge < -0.3 is 10.1 Å². The van der Waals surface area contributed by atoms with Crippen LogP contribution in [0.4, 0.5) is 5.69 Å². The minimum atomic E-state index is -0.372. The number of aliphatic imine (C=N–C) groups is 1. The molecule has 1 heterocycles. The first-order valence-corrected chi connectivity index (χ1v) is 10.3. The summed E-state index contributed by atoms with van der Waals surface area (Å²) in [5.74, 6) is -0.196. The number of nitrogens with zero attached hydrogens (tertiary/aromatic N) is 1. The zero-order valence-electron chi connectivity index (χ0n) is 17.6. The Bertz CT molecular complexity index is 1050. The van der Waals surface area contributed by atoms with E-state index in [0.29, 0.717) is 29.1 Å². The third-order valence-corrected chi connectivity index (χ3v) is 5.94. The van der Waals surface area contributed by atoms with Crippen LogP contribution >= 0.6 is 0 Å². The van der Waals surface area contributed by atoms with Crippen molar-refractivity contribution in [3.63, 3.8) is 0 Å². The van der Waals surface area contributed by atoms with Crippen molar-refractivity contribution in [2.75, 3.05) is 12.4 Å². The van der Waals surface area contributed by atoms with Gasteiger partial charge in [0, 0.05) is 29.3 Å². The molecule has 1 saturated carbocycles. The van der Waals surface area contributed by atoms with Crippen LogP contribution in [0.25, 0.3) is 0 Å². The second kappa shape index (κ2) is 8.27. The van der Waals surface area contributed by atoms with Crippen molar-refractivity contribution in [3.8, 4) is 5.75 Å². The first kappa shape index (κ1) is 20.1. The van der Waals surface area contributed by atoms with Gasteiger partial charge in [-0.1, -0.05) is 42.0 Å². The molecule has 0 spiro atoms. The molecule has 1 N–H and O–H groups in total. The van der Waals surface area contributed by atoms with Crippen molar-refractivity contribution in [1.82, 2.24) is 0 Å². The van der Waals surface area contributed by atoms with Crippen molar-refractivity contribution in [2.45, 2.75) is 39.0 Å². The zero-order chi connectivity index (χ0) is 21.3. The molecule has 0 saturated heterocycles. The number of aryl methyl sites for hydroxylation is 1. The largest absolute Gasteiger partial charge is 0.495 e. The lowest BCUT2D eigenvalue weighted by Crippen LogP contribution is -2.39. The fourth-order valence-electron chi connectivity index (χ4n) is 4.49. The van der Waals surface area contributed by atoms with Gasteiger partial charge in [0.2, 0.25) is 0 Å². The summed E-state index contributed by atoms with van der Waals surface area (Å²) in [6, 6.07) is 15.4. The monoisotopic (exact) mass is 402 g/mol. The lowest BCUT2D eigenvalue weighted by Gasteiger charge is -2.36. The Kier molecular flexibility index (Phi) is 5.53. The van der Waals surface area contributed by atoms with Gasteiger partial charge in [0.1, 0.15) is 11.5 Å². The van der Waals surface area contributed by atoms with Gasteiger partial charge in [0.15, 0.2) is 0 Å². The number of hydrogen-bond donors (Lipinski definition) is 1. The maximum atomic E-state index is 13.5. The Balaban J connectivity index is 1.79. The number of benzene rings is 2. The lowest BCUT2D eigenvalue weighted by atomic mass is 9.69. The third kappa shape index (κ3) is 3.67. The van der Waals surface area contributed by atoms with Crippen molar-refractivity contribution < 1.29 is 14.3 Å². The van der Waals surface area contributed by atoms with Crippen LogP contribution in [0.2, 0.25) is 0 Å². The molecule has 0 radical (unpaired) electrons. The minimum absolute atomic E-state index is 0.167. The molecular formula is C25H26N2O3. The number of amides is 1. The van der Waals surface area contributed by atoms with Crippen LogP contribution in [0.1, 0.15) is 43.2 Å². The number of ether oxygens (including phenoxy) is 1. The molecule has 1 aliphatic heterocycles. The van der Waals surface area contributed by atoms with E-state index in [1.807, 2.05) is 50.2 Å². The number of hydrogen-bond acceptors (Lipinski definition) is 4. The molecular weight excluding hydrogens is 376 g/mol. The molecule has 5 nitrogen and oxygen atoms in total. The summed E-state index contributed by atoms with van der Waals surface area (Å²) in [6.45, 7) is 3.89. The number of rotatable bonds is 4. The highest BCUT2D eigenvalue weighted by atomic mass is 16.5. The number of methoxy groups -OCH3 is 1. The van der Waals surface area contributed by atoms with Gasteiger partial charge in [-0.2, -0.15) is 0 Å². The highest BCUT2D eigenvalue weighted by molar-refractivity contribution is 6.14. The van der Waals surface area contributed by atoms with E-state index in [-0.39, 0.29) is 23.5 Å². The number of carbonyl (C=O) groups excluding carboxylic acids is 2. The van der Waals surface area contributed by atoms with Gasteiger partial charge in [-0.15, -0.1) is 0 Å². The summed E-state index contributed by atoms with van der Waals surface area (Å²) in [7, 11) is 1.57. The Morgan fingerprint density at radius 3 is 2.50 bits per heavy atom. The average Bonchev–Trinajstić information content (AvgIpc) is 2.74. The van der Waals surface area contributed by atoms with Crippen LogP contribution in [0, 0.1) is 12.8 Å². The highest BCUT2D eigenvalue weighted by Gasteiger charge is 2.43. The summed E-state index contributed by atoms with van der Waals surface area (Å²) in [6.07, 6.45) is 2.16. The SMILES string of the molecule is COc1ccccc1NC(=O)C1=C(C)N=C2CCCC(=O)C2[C@H]1c1ccc(C)cc1. The van der Waals surface area contributed by atoms with Crippen LogP contribution in [0.15, 0.2) is 64.8 Å². The second-order valence-electron chi connectivity index (χ2n) is 7.94. The molecule has 1 aliphatic carbocycles. The summed E-state index contributed by atoms with van der Waals surface area (Å²) in [4.78, 5) is 31.1. The number of Topliss-reactive ketones (excluding diaryl/α,β-unsaturated/α-hetero) is 1. The zero-order valence-corrected chi connectivity index (χ0v) is 17.6. The Hall–Kier alpha value is -3.21. The quantitative estimate of drug-likeness (QED) is 0.797. The summed E-state index contributed by atoms with van der Waals surface area (Å²) in [5, 5.41) is 2.98.